The highest BCUT2D eigenvalue weighted by Gasteiger charge is 2.46. The lowest BCUT2D eigenvalue weighted by Crippen LogP contribution is -2.54. The summed E-state index contributed by atoms with van der Waals surface area (Å²) in [7, 11) is 0. The minimum Gasteiger partial charge on any atom is -0.394 e. The van der Waals surface area contributed by atoms with Gasteiger partial charge in [0.1, 0.15) is 41.4 Å². The molecule has 4 rings (SSSR count). The molecular formula is C21H20ClF2N3O4S. The zero-order valence-electron chi connectivity index (χ0n) is 16.8. The van der Waals surface area contributed by atoms with Gasteiger partial charge in [0.25, 0.3) is 0 Å². The van der Waals surface area contributed by atoms with Crippen LogP contribution in [0.25, 0.3) is 11.1 Å². The summed E-state index contributed by atoms with van der Waals surface area (Å²) in [6, 6.07) is 3.05. The van der Waals surface area contributed by atoms with Crippen molar-refractivity contribution in [3.8, 4) is 11.1 Å². The van der Waals surface area contributed by atoms with Gasteiger partial charge in [-0.3, -0.25) is 9.67 Å². The zero-order chi connectivity index (χ0) is 23.0. The molecule has 3 N–H and O–H groups in total. The molecule has 1 fully saturated rings. The molecule has 0 saturated carbocycles. The van der Waals surface area contributed by atoms with Crippen molar-refractivity contribution < 1.29 is 28.8 Å². The van der Waals surface area contributed by atoms with Crippen LogP contribution in [-0.4, -0.2) is 60.4 Å². The SMILES string of the molecule is Cc1c(F)cc(-c2cnn([C@@H]3C(O)[C@@H](Sc4cncc(Cl)c4)OC(CO)[C@@H]3O)c2)cc1F. The van der Waals surface area contributed by atoms with Crippen LogP contribution in [0.2, 0.25) is 5.02 Å². The average molecular weight is 484 g/mol. The van der Waals surface area contributed by atoms with E-state index in [2.05, 4.69) is 10.1 Å². The molecule has 0 bridgehead atoms. The van der Waals surface area contributed by atoms with Gasteiger partial charge in [-0.05, 0) is 30.7 Å². The van der Waals surface area contributed by atoms with Gasteiger partial charge in [-0.15, -0.1) is 0 Å². The molecule has 0 spiro atoms. The summed E-state index contributed by atoms with van der Waals surface area (Å²) in [5.74, 6) is -1.38. The van der Waals surface area contributed by atoms with Gasteiger partial charge in [-0.1, -0.05) is 23.4 Å². The Kier molecular flexibility index (Phi) is 6.80. The lowest BCUT2D eigenvalue weighted by molar-refractivity contribution is -0.178. The van der Waals surface area contributed by atoms with Crippen LogP contribution in [0.1, 0.15) is 11.6 Å². The van der Waals surface area contributed by atoms with Crippen LogP contribution in [0, 0.1) is 18.6 Å². The van der Waals surface area contributed by atoms with Gasteiger partial charge in [-0.25, -0.2) is 8.78 Å². The van der Waals surface area contributed by atoms with Crippen molar-refractivity contribution in [2.75, 3.05) is 6.61 Å². The maximum atomic E-state index is 14.0. The number of rotatable bonds is 5. The summed E-state index contributed by atoms with van der Waals surface area (Å²) in [6.45, 7) is 0.854. The second-order valence-electron chi connectivity index (χ2n) is 7.43. The molecule has 3 heterocycles. The highest BCUT2D eigenvalue weighted by Crippen LogP contribution is 2.38. The Balaban J connectivity index is 1.64. The van der Waals surface area contributed by atoms with Gasteiger partial charge in [0.15, 0.2) is 0 Å². The highest BCUT2D eigenvalue weighted by atomic mass is 35.5. The monoisotopic (exact) mass is 483 g/mol. The third kappa shape index (κ3) is 4.52. The molecule has 0 aliphatic carbocycles. The van der Waals surface area contributed by atoms with Crippen LogP contribution < -0.4 is 0 Å². The van der Waals surface area contributed by atoms with Crippen LogP contribution in [0.5, 0.6) is 0 Å². The van der Waals surface area contributed by atoms with Crippen molar-refractivity contribution in [3.05, 3.63) is 65.2 Å². The molecule has 11 heteroatoms. The van der Waals surface area contributed by atoms with E-state index in [-0.39, 0.29) is 11.1 Å². The highest BCUT2D eigenvalue weighted by molar-refractivity contribution is 7.99. The second-order valence-corrected chi connectivity index (χ2v) is 9.04. The fraction of sp³-hybridized carbons (Fsp3) is 0.333. The van der Waals surface area contributed by atoms with Crippen LogP contribution in [0.4, 0.5) is 8.78 Å². The summed E-state index contributed by atoms with van der Waals surface area (Å²) in [5, 5.41) is 36.0. The molecule has 3 aromatic rings. The standard InChI is InChI=1S/C21H20ClF2N3O4S/c1-10-15(23)2-11(3-16(10)24)12-5-26-27(8-12)18-19(29)17(9-28)31-21(20(18)30)32-14-4-13(22)6-25-7-14/h2-8,17-21,28-30H,9H2,1H3/t17?,18-,19-,20?,21+/m0/s1. The minimum absolute atomic E-state index is 0.0856. The summed E-state index contributed by atoms with van der Waals surface area (Å²) in [4.78, 5) is 4.62. The third-order valence-corrected chi connectivity index (χ3v) is 6.63. The van der Waals surface area contributed by atoms with E-state index in [9.17, 15) is 24.1 Å². The minimum atomic E-state index is -1.29. The lowest BCUT2D eigenvalue weighted by Gasteiger charge is -2.42. The van der Waals surface area contributed by atoms with E-state index in [1.54, 1.807) is 12.3 Å². The number of aromatic nitrogens is 3. The number of halogens is 3. The number of aliphatic hydroxyl groups is 3. The second kappa shape index (κ2) is 9.42. The Morgan fingerprint density at radius 2 is 1.81 bits per heavy atom. The normalized spacial score (nSPS) is 25.8. The Morgan fingerprint density at radius 1 is 1.09 bits per heavy atom. The molecule has 2 unspecified atom stereocenters. The summed E-state index contributed by atoms with van der Waals surface area (Å²) in [5.41, 5.74) is -0.291. The van der Waals surface area contributed by atoms with Crippen LogP contribution in [0.3, 0.4) is 0 Å². The van der Waals surface area contributed by atoms with Crippen LogP contribution >= 0.6 is 23.4 Å². The van der Waals surface area contributed by atoms with Gasteiger partial charge < -0.3 is 20.1 Å². The Bertz CT molecular complexity index is 1100. The third-order valence-electron chi connectivity index (χ3n) is 5.30. The number of ether oxygens (including phenoxy) is 1. The number of thioether (sulfide) groups is 1. The Hall–Kier alpha value is -2.08. The van der Waals surface area contributed by atoms with Crippen molar-refractivity contribution in [1.29, 1.82) is 0 Å². The van der Waals surface area contributed by atoms with E-state index < -0.39 is 48.0 Å². The lowest BCUT2D eigenvalue weighted by atomic mass is 9.97. The molecule has 7 nitrogen and oxygen atoms in total. The first-order valence-corrected chi connectivity index (χ1v) is 10.9. The number of pyridine rings is 1. The van der Waals surface area contributed by atoms with E-state index in [0.29, 0.717) is 15.5 Å². The van der Waals surface area contributed by atoms with E-state index in [4.69, 9.17) is 16.3 Å². The number of hydrogen-bond acceptors (Lipinski definition) is 7. The fourth-order valence-corrected chi connectivity index (χ4v) is 4.85. The topological polar surface area (TPSA) is 101 Å². The smallest absolute Gasteiger partial charge is 0.136 e. The van der Waals surface area contributed by atoms with E-state index in [1.165, 1.54) is 42.3 Å². The van der Waals surface area contributed by atoms with Crippen LogP contribution in [0.15, 0.2) is 47.9 Å². The maximum absolute atomic E-state index is 14.0. The summed E-state index contributed by atoms with van der Waals surface area (Å²) in [6.07, 6.45) is 2.36. The van der Waals surface area contributed by atoms with Crippen LogP contribution in [-0.2, 0) is 4.74 Å². The van der Waals surface area contributed by atoms with Crippen molar-refractivity contribution in [2.24, 2.45) is 0 Å². The molecule has 1 aliphatic rings. The molecule has 0 radical (unpaired) electrons. The molecule has 0 amide bonds. The predicted octanol–water partition coefficient (Wildman–Crippen LogP) is 2.96. The first-order valence-electron chi connectivity index (χ1n) is 9.68. The largest absolute Gasteiger partial charge is 0.394 e. The number of nitrogens with zero attached hydrogens (tertiary/aromatic N) is 3. The molecule has 32 heavy (non-hydrogen) atoms. The maximum Gasteiger partial charge on any atom is 0.136 e. The zero-order valence-corrected chi connectivity index (χ0v) is 18.3. The van der Waals surface area contributed by atoms with Gasteiger partial charge >= 0.3 is 0 Å². The number of benzene rings is 1. The molecule has 1 saturated heterocycles. The number of hydrogen-bond donors (Lipinski definition) is 3. The van der Waals surface area contributed by atoms with E-state index in [1.807, 2.05) is 0 Å². The summed E-state index contributed by atoms with van der Waals surface area (Å²) >= 11 is 7.10. The van der Waals surface area contributed by atoms with E-state index >= 15 is 0 Å². The molecule has 170 valence electrons. The molecule has 5 atom stereocenters. The van der Waals surface area contributed by atoms with Gasteiger partial charge in [0, 0.05) is 34.6 Å². The Labute approximate surface area is 191 Å². The first kappa shape index (κ1) is 23.1. The Morgan fingerprint density at radius 3 is 2.47 bits per heavy atom. The predicted molar refractivity (Wildman–Crippen MR) is 114 cm³/mol. The molecular weight excluding hydrogens is 464 g/mol. The van der Waals surface area contributed by atoms with Crippen molar-refractivity contribution in [3.63, 3.8) is 0 Å². The fourth-order valence-electron chi connectivity index (χ4n) is 3.53. The van der Waals surface area contributed by atoms with Gasteiger partial charge in [0.05, 0.1) is 17.8 Å². The summed E-state index contributed by atoms with van der Waals surface area (Å²) < 4.78 is 35.0. The van der Waals surface area contributed by atoms with Gasteiger partial charge in [0.2, 0.25) is 0 Å². The first-order chi connectivity index (χ1) is 15.3. The molecule has 1 aromatic carbocycles. The van der Waals surface area contributed by atoms with Crippen molar-refractivity contribution >= 4 is 23.4 Å². The van der Waals surface area contributed by atoms with Gasteiger partial charge in [-0.2, -0.15) is 5.10 Å². The quantitative estimate of drug-likeness (QED) is 0.513. The molecule has 1 aliphatic heterocycles. The van der Waals surface area contributed by atoms with E-state index in [0.717, 1.165) is 11.8 Å². The average Bonchev–Trinajstić information content (AvgIpc) is 3.23. The van der Waals surface area contributed by atoms with Crippen molar-refractivity contribution in [2.45, 2.75) is 41.6 Å². The number of aliphatic hydroxyl groups excluding tert-OH is 3. The molecule has 2 aromatic heterocycles. The van der Waals surface area contributed by atoms with Crippen molar-refractivity contribution in [1.82, 2.24) is 14.8 Å².